The lowest BCUT2D eigenvalue weighted by atomic mass is 10.1. The second-order valence-electron chi connectivity index (χ2n) is 11.5. The van der Waals surface area contributed by atoms with E-state index in [1.807, 2.05) is 66.9 Å². The number of amides is 1. The molecule has 0 spiro atoms. The molecule has 1 N–H and O–H groups in total. The molecule has 2 heterocycles. The van der Waals surface area contributed by atoms with Crippen molar-refractivity contribution in [3.63, 3.8) is 0 Å². The molecule has 0 saturated carbocycles. The van der Waals surface area contributed by atoms with Crippen LogP contribution in [0.15, 0.2) is 90.0 Å². The van der Waals surface area contributed by atoms with Crippen LogP contribution < -0.4 is 4.74 Å². The third-order valence-electron chi connectivity index (χ3n) is 7.87. The number of aromatic nitrogens is 2. The predicted molar refractivity (Wildman–Crippen MR) is 189 cm³/mol. The van der Waals surface area contributed by atoms with E-state index < -0.39 is 5.97 Å². The summed E-state index contributed by atoms with van der Waals surface area (Å²) in [6, 6.07) is 23.7. The van der Waals surface area contributed by atoms with Gasteiger partial charge in [-0.2, -0.15) is 5.10 Å². The van der Waals surface area contributed by atoms with Crippen molar-refractivity contribution >= 4 is 46.3 Å². The lowest BCUT2D eigenvalue weighted by Crippen LogP contribution is -2.29. The average Bonchev–Trinajstić information content (AvgIpc) is 3.62. The molecule has 7 nitrogen and oxygen atoms in total. The van der Waals surface area contributed by atoms with Crippen LogP contribution in [-0.2, 0) is 16.2 Å². The van der Waals surface area contributed by atoms with Crippen LogP contribution in [0.1, 0.15) is 68.9 Å². The van der Waals surface area contributed by atoms with Gasteiger partial charge in [0.05, 0.1) is 10.6 Å². The molecule has 0 aliphatic carbocycles. The van der Waals surface area contributed by atoms with Crippen molar-refractivity contribution in [3.05, 3.63) is 107 Å². The first kappa shape index (κ1) is 34.1. The number of hydrogen-bond acceptors (Lipinski definition) is 6. The van der Waals surface area contributed by atoms with Crippen molar-refractivity contribution in [1.82, 2.24) is 14.7 Å². The second kappa shape index (κ2) is 17.0. The minimum absolute atomic E-state index is 0.0896. The molecule has 10 heteroatoms. The van der Waals surface area contributed by atoms with Crippen LogP contribution in [0.25, 0.3) is 23.0 Å². The van der Waals surface area contributed by atoms with Gasteiger partial charge in [-0.25, -0.2) is 9.07 Å². The molecular formula is C37H38FN3O4S2. The van der Waals surface area contributed by atoms with Crippen LogP contribution in [0.4, 0.5) is 4.39 Å². The van der Waals surface area contributed by atoms with E-state index in [0.29, 0.717) is 33.8 Å². The fraction of sp³-hybridized carbons (Fsp3) is 0.297. The standard InChI is InChI=1S/C37H38FN3O4S2/c38-30-20-18-27(19-21-30)26-45-32-16-12-13-28(23-32)35-29(25-41(39-35)31-14-8-7-9-15-31)24-33-36(44)40(37(46)47-33)22-11-6-4-2-1-3-5-10-17-34(42)43/h7-9,12-16,18-21,23-25H,1-6,10-11,17,22,26H2,(H,42,43). The summed E-state index contributed by atoms with van der Waals surface area (Å²) >= 11 is 6.93. The molecule has 1 aliphatic rings. The Bertz CT molecular complexity index is 1710. The van der Waals surface area contributed by atoms with Crippen molar-refractivity contribution in [3.8, 4) is 22.7 Å². The first-order valence-corrected chi connectivity index (χ1v) is 17.2. The molecule has 1 saturated heterocycles. The Morgan fingerprint density at radius 3 is 2.34 bits per heavy atom. The van der Waals surface area contributed by atoms with E-state index in [0.717, 1.165) is 73.7 Å². The monoisotopic (exact) mass is 671 g/mol. The van der Waals surface area contributed by atoms with Gasteiger partial charge in [0, 0.05) is 30.3 Å². The van der Waals surface area contributed by atoms with Gasteiger partial charge in [-0.1, -0.05) is 105 Å². The van der Waals surface area contributed by atoms with Crippen LogP contribution in [0, 0.1) is 5.82 Å². The van der Waals surface area contributed by atoms with Crippen molar-refractivity contribution in [2.24, 2.45) is 0 Å². The highest BCUT2D eigenvalue weighted by atomic mass is 32.2. The van der Waals surface area contributed by atoms with E-state index in [-0.39, 0.29) is 18.1 Å². The molecule has 244 valence electrons. The number of carboxylic acids is 1. The molecule has 0 radical (unpaired) electrons. The fourth-order valence-electron chi connectivity index (χ4n) is 5.35. The Labute approximate surface area is 284 Å². The Kier molecular flexibility index (Phi) is 12.3. The molecule has 0 unspecified atom stereocenters. The largest absolute Gasteiger partial charge is 0.489 e. The summed E-state index contributed by atoms with van der Waals surface area (Å²) in [6.45, 7) is 0.885. The molecule has 1 aromatic heterocycles. The van der Waals surface area contributed by atoms with E-state index in [2.05, 4.69) is 0 Å². The number of carbonyl (C=O) groups is 2. The number of halogens is 1. The molecule has 47 heavy (non-hydrogen) atoms. The Hall–Kier alpha value is -4.28. The van der Waals surface area contributed by atoms with Crippen molar-refractivity contribution < 1.29 is 23.8 Å². The number of hydrogen-bond donors (Lipinski definition) is 1. The van der Waals surface area contributed by atoms with Gasteiger partial charge < -0.3 is 9.84 Å². The number of para-hydroxylation sites is 1. The fourth-order valence-corrected chi connectivity index (χ4v) is 6.65. The molecule has 3 aromatic carbocycles. The number of unbranched alkanes of at least 4 members (excludes halogenated alkanes) is 7. The minimum atomic E-state index is -0.727. The summed E-state index contributed by atoms with van der Waals surface area (Å²) in [6.07, 6.45) is 12.0. The molecule has 4 aromatic rings. The average molecular weight is 672 g/mol. The van der Waals surface area contributed by atoms with E-state index in [4.69, 9.17) is 27.2 Å². The van der Waals surface area contributed by atoms with Crippen LogP contribution in [0.5, 0.6) is 5.75 Å². The maximum absolute atomic E-state index is 13.5. The number of thioether (sulfide) groups is 1. The minimum Gasteiger partial charge on any atom is -0.489 e. The number of carboxylic acid groups (broad SMARTS) is 1. The van der Waals surface area contributed by atoms with Gasteiger partial charge >= 0.3 is 5.97 Å². The number of aliphatic carboxylic acids is 1. The Balaban J connectivity index is 1.25. The smallest absolute Gasteiger partial charge is 0.303 e. The summed E-state index contributed by atoms with van der Waals surface area (Å²) < 4.78 is 21.7. The second-order valence-corrected chi connectivity index (χ2v) is 13.1. The third kappa shape index (κ3) is 9.86. The highest BCUT2D eigenvalue weighted by Gasteiger charge is 2.32. The molecular weight excluding hydrogens is 634 g/mol. The molecule has 1 fully saturated rings. The number of rotatable bonds is 17. The lowest BCUT2D eigenvalue weighted by Gasteiger charge is -2.14. The van der Waals surface area contributed by atoms with Gasteiger partial charge in [-0.15, -0.1) is 0 Å². The number of nitrogens with zero attached hydrogens (tertiary/aromatic N) is 3. The normalized spacial score (nSPS) is 13.9. The van der Waals surface area contributed by atoms with E-state index in [1.165, 1.54) is 23.9 Å². The SMILES string of the molecule is O=C(O)CCCCCCCCCCN1C(=O)C(=Cc2cn(-c3ccccc3)nc2-c2cccc(OCc3ccc(F)cc3)c2)SC1=S. The third-order valence-corrected chi connectivity index (χ3v) is 9.25. The molecule has 5 rings (SSSR count). The summed E-state index contributed by atoms with van der Waals surface area (Å²) in [5, 5.41) is 13.7. The predicted octanol–water partition coefficient (Wildman–Crippen LogP) is 9.05. The highest BCUT2D eigenvalue weighted by Crippen LogP contribution is 2.36. The lowest BCUT2D eigenvalue weighted by molar-refractivity contribution is -0.137. The first-order chi connectivity index (χ1) is 22.9. The van der Waals surface area contributed by atoms with Gasteiger partial charge in [0.15, 0.2) is 0 Å². The van der Waals surface area contributed by atoms with Crippen molar-refractivity contribution in [2.75, 3.05) is 6.54 Å². The topological polar surface area (TPSA) is 84.7 Å². The van der Waals surface area contributed by atoms with Gasteiger partial charge in [0.2, 0.25) is 0 Å². The zero-order chi connectivity index (χ0) is 33.0. The van der Waals surface area contributed by atoms with E-state index >= 15 is 0 Å². The van der Waals surface area contributed by atoms with Gasteiger partial charge in [0.1, 0.15) is 28.2 Å². The van der Waals surface area contributed by atoms with E-state index in [1.54, 1.807) is 21.7 Å². The number of ether oxygens (including phenoxy) is 1. The van der Waals surface area contributed by atoms with Crippen LogP contribution in [0.2, 0.25) is 0 Å². The summed E-state index contributed by atoms with van der Waals surface area (Å²) in [5.41, 5.74) is 4.07. The maximum Gasteiger partial charge on any atom is 0.303 e. The zero-order valence-electron chi connectivity index (χ0n) is 26.1. The van der Waals surface area contributed by atoms with Gasteiger partial charge in [0.25, 0.3) is 5.91 Å². The van der Waals surface area contributed by atoms with Gasteiger partial charge in [-0.3, -0.25) is 14.5 Å². The Morgan fingerprint density at radius 2 is 1.62 bits per heavy atom. The van der Waals surface area contributed by atoms with Crippen LogP contribution in [-0.4, -0.2) is 42.5 Å². The zero-order valence-corrected chi connectivity index (χ0v) is 27.8. The van der Waals surface area contributed by atoms with Gasteiger partial charge in [-0.05, 0) is 60.9 Å². The molecule has 1 aliphatic heterocycles. The summed E-state index contributed by atoms with van der Waals surface area (Å²) in [5.74, 6) is -0.455. The number of carbonyl (C=O) groups excluding carboxylic acids is 1. The van der Waals surface area contributed by atoms with Crippen LogP contribution in [0.3, 0.4) is 0 Å². The quantitative estimate of drug-likeness (QED) is 0.0681. The summed E-state index contributed by atoms with van der Waals surface area (Å²) in [4.78, 5) is 26.4. The summed E-state index contributed by atoms with van der Waals surface area (Å²) in [7, 11) is 0. The van der Waals surface area contributed by atoms with Crippen molar-refractivity contribution in [1.29, 1.82) is 0 Å². The molecule has 0 bridgehead atoms. The highest BCUT2D eigenvalue weighted by molar-refractivity contribution is 8.26. The molecule has 1 amide bonds. The maximum atomic E-state index is 13.5. The Morgan fingerprint density at radius 1 is 0.915 bits per heavy atom. The number of benzene rings is 3. The molecule has 0 atom stereocenters. The number of thiocarbonyl (C=S) groups is 1. The first-order valence-electron chi connectivity index (χ1n) is 16.0. The van der Waals surface area contributed by atoms with E-state index in [9.17, 15) is 14.0 Å². The van der Waals surface area contributed by atoms with Crippen molar-refractivity contribution in [2.45, 2.75) is 64.4 Å². The van der Waals surface area contributed by atoms with Crippen LogP contribution >= 0.6 is 24.0 Å².